The van der Waals surface area contributed by atoms with Gasteiger partial charge in [0.15, 0.2) is 21.3 Å². The zero-order valence-corrected chi connectivity index (χ0v) is 19.1. The highest BCUT2D eigenvalue weighted by Crippen LogP contribution is 2.32. The van der Waals surface area contributed by atoms with E-state index in [0.717, 1.165) is 24.9 Å². The molecule has 0 spiro atoms. The van der Waals surface area contributed by atoms with E-state index in [1.165, 1.54) is 11.3 Å². The number of hydrogen-bond donors (Lipinski definition) is 1. The zero-order valence-electron chi connectivity index (χ0n) is 18.3. The maximum Gasteiger partial charge on any atom is 0.281 e. The number of aromatic nitrogens is 4. The molecule has 0 bridgehead atoms. The second-order valence-electron chi connectivity index (χ2n) is 7.90. The molecule has 1 saturated heterocycles. The molecule has 1 N–H and O–H groups in total. The van der Waals surface area contributed by atoms with Gasteiger partial charge in [0.2, 0.25) is 5.91 Å². The van der Waals surface area contributed by atoms with Crippen molar-refractivity contribution in [1.82, 2.24) is 24.8 Å². The number of rotatable bonds is 6. The van der Waals surface area contributed by atoms with Crippen LogP contribution in [-0.4, -0.2) is 38.0 Å². The van der Waals surface area contributed by atoms with E-state index in [2.05, 4.69) is 15.3 Å². The predicted octanol–water partition coefficient (Wildman–Crippen LogP) is 3.22. The number of anilines is 1. The molecule has 0 aliphatic carbocycles. The number of nitrogens with zero attached hydrogens (tertiary/aromatic N) is 5. The summed E-state index contributed by atoms with van der Waals surface area (Å²) in [4.78, 5) is 42.5. The maximum atomic E-state index is 13.2. The van der Waals surface area contributed by atoms with Crippen LogP contribution < -0.4 is 15.8 Å². The third-order valence-electron chi connectivity index (χ3n) is 5.83. The molecule has 0 saturated carbocycles. The van der Waals surface area contributed by atoms with Gasteiger partial charge in [0.25, 0.3) is 5.56 Å². The first-order chi connectivity index (χ1) is 16.2. The smallest absolute Gasteiger partial charge is 0.281 e. The molecule has 33 heavy (non-hydrogen) atoms. The van der Waals surface area contributed by atoms with Gasteiger partial charge in [0.05, 0.1) is 0 Å². The Bertz CT molecular complexity index is 1340. The molecule has 1 fully saturated rings. The summed E-state index contributed by atoms with van der Waals surface area (Å²) in [6, 6.07) is 15.1. The quantitative estimate of drug-likeness (QED) is 0.475. The average molecular weight is 461 g/mol. The summed E-state index contributed by atoms with van der Waals surface area (Å²) in [5.41, 5.74) is 1.86. The number of thiazole rings is 1. The maximum absolute atomic E-state index is 13.2. The van der Waals surface area contributed by atoms with Crippen molar-refractivity contribution in [1.29, 1.82) is 0 Å². The van der Waals surface area contributed by atoms with Crippen LogP contribution in [0, 0.1) is 0 Å². The van der Waals surface area contributed by atoms with E-state index >= 15 is 0 Å². The molecule has 1 amide bonds. The molecule has 0 radical (unpaired) electrons. The van der Waals surface area contributed by atoms with Crippen LogP contribution in [0.25, 0.3) is 21.9 Å². The van der Waals surface area contributed by atoms with Crippen LogP contribution in [0.2, 0.25) is 0 Å². The average Bonchev–Trinajstić information content (AvgIpc) is 3.51. The van der Waals surface area contributed by atoms with Crippen molar-refractivity contribution in [2.45, 2.75) is 38.9 Å². The minimum absolute atomic E-state index is 0.0243. The number of carbonyl (C=O) groups excluding carboxylic acids is 1. The lowest BCUT2D eigenvalue weighted by molar-refractivity contribution is -0.122. The van der Waals surface area contributed by atoms with Crippen molar-refractivity contribution in [2.75, 3.05) is 11.4 Å². The van der Waals surface area contributed by atoms with E-state index < -0.39 is 0 Å². The van der Waals surface area contributed by atoms with Gasteiger partial charge in [-0.1, -0.05) is 47.7 Å². The Morgan fingerprint density at radius 1 is 1.15 bits per heavy atom. The lowest BCUT2D eigenvalue weighted by Gasteiger charge is -2.23. The normalized spacial score (nSPS) is 15.8. The van der Waals surface area contributed by atoms with Crippen molar-refractivity contribution in [3.63, 3.8) is 0 Å². The predicted molar refractivity (Wildman–Crippen MR) is 129 cm³/mol. The van der Waals surface area contributed by atoms with Crippen molar-refractivity contribution >= 4 is 32.7 Å². The summed E-state index contributed by atoms with van der Waals surface area (Å²) < 4.78 is 1.60. The molecule has 0 unspecified atom stereocenters. The molecule has 4 aromatic rings. The molecule has 1 atom stereocenters. The van der Waals surface area contributed by atoms with Crippen molar-refractivity contribution in [3.8, 4) is 11.5 Å². The molecular formula is C24H24N6O2S. The minimum Gasteiger partial charge on any atom is -0.350 e. The fourth-order valence-corrected chi connectivity index (χ4v) is 5.18. The van der Waals surface area contributed by atoms with Gasteiger partial charge >= 0.3 is 0 Å². The van der Waals surface area contributed by atoms with Crippen LogP contribution in [0.15, 0.2) is 59.5 Å². The van der Waals surface area contributed by atoms with Gasteiger partial charge in [0, 0.05) is 25.8 Å². The van der Waals surface area contributed by atoms with Crippen LogP contribution in [0.1, 0.15) is 25.3 Å². The first-order valence-electron chi connectivity index (χ1n) is 11.1. The monoisotopic (exact) mass is 460 g/mol. The number of carbonyl (C=O) groups is 1. The van der Waals surface area contributed by atoms with Crippen molar-refractivity contribution in [3.05, 3.63) is 70.6 Å². The second kappa shape index (κ2) is 9.11. The molecule has 1 aliphatic rings. The highest BCUT2D eigenvalue weighted by Gasteiger charge is 2.33. The Morgan fingerprint density at radius 3 is 2.73 bits per heavy atom. The molecule has 5 rings (SSSR count). The van der Waals surface area contributed by atoms with Gasteiger partial charge < -0.3 is 10.2 Å². The SMILES string of the molecule is CCn1c(-c2ccccn2)nc2sc(N3CCC[C@@H]3C(=O)NCc3ccccc3)nc2c1=O. The summed E-state index contributed by atoms with van der Waals surface area (Å²) >= 11 is 1.35. The van der Waals surface area contributed by atoms with Gasteiger partial charge in [-0.15, -0.1) is 0 Å². The molecule has 1 aliphatic heterocycles. The van der Waals surface area contributed by atoms with E-state index in [4.69, 9.17) is 4.98 Å². The van der Waals surface area contributed by atoms with Crippen LogP contribution in [-0.2, 0) is 17.9 Å². The molecule has 3 aromatic heterocycles. The van der Waals surface area contributed by atoms with E-state index in [1.807, 2.05) is 60.4 Å². The highest BCUT2D eigenvalue weighted by atomic mass is 32.1. The summed E-state index contributed by atoms with van der Waals surface area (Å²) in [5, 5.41) is 3.70. The Morgan fingerprint density at radius 2 is 1.97 bits per heavy atom. The fourth-order valence-electron chi connectivity index (χ4n) is 4.17. The Hall–Kier alpha value is -3.59. The number of hydrogen-bond acceptors (Lipinski definition) is 7. The number of benzene rings is 1. The molecule has 9 heteroatoms. The minimum atomic E-state index is -0.307. The molecule has 8 nitrogen and oxygen atoms in total. The van der Waals surface area contributed by atoms with Gasteiger partial charge in [-0.3, -0.25) is 19.1 Å². The molecule has 168 valence electrons. The molecule has 4 heterocycles. The number of nitrogens with one attached hydrogen (secondary N) is 1. The van der Waals surface area contributed by atoms with Gasteiger partial charge in [-0.05, 0) is 37.5 Å². The summed E-state index contributed by atoms with van der Waals surface area (Å²) in [6.07, 6.45) is 3.33. The third kappa shape index (κ3) is 4.11. The molecule has 1 aromatic carbocycles. The number of fused-ring (bicyclic) bond motifs is 1. The van der Waals surface area contributed by atoms with Crippen LogP contribution in [0.4, 0.5) is 5.13 Å². The largest absolute Gasteiger partial charge is 0.350 e. The van der Waals surface area contributed by atoms with E-state index in [1.54, 1.807) is 10.8 Å². The zero-order chi connectivity index (χ0) is 22.8. The van der Waals surface area contributed by atoms with Crippen LogP contribution in [0.5, 0.6) is 0 Å². The van der Waals surface area contributed by atoms with E-state index in [-0.39, 0.29) is 17.5 Å². The van der Waals surface area contributed by atoms with Gasteiger partial charge in [-0.25, -0.2) is 9.97 Å². The lowest BCUT2D eigenvalue weighted by Crippen LogP contribution is -2.43. The number of amides is 1. The lowest BCUT2D eigenvalue weighted by atomic mass is 10.2. The van der Waals surface area contributed by atoms with Crippen LogP contribution in [0.3, 0.4) is 0 Å². The summed E-state index contributed by atoms with van der Waals surface area (Å²) in [5.74, 6) is 0.507. The highest BCUT2D eigenvalue weighted by molar-refractivity contribution is 7.21. The van der Waals surface area contributed by atoms with Crippen molar-refractivity contribution in [2.24, 2.45) is 0 Å². The first-order valence-corrected chi connectivity index (χ1v) is 11.9. The standard InChI is InChI=1S/C24H24N6O2S/c1-2-29-20(17-11-6-7-13-25-17)28-22-19(23(29)32)27-24(33-22)30-14-8-12-18(30)21(31)26-15-16-9-4-3-5-10-16/h3-7,9-11,13,18H,2,8,12,14-15H2,1H3,(H,26,31)/t18-/m1/s1. The first kappa shape index (κ1) is 21.3. The Balaban J connectivity index is 1.45. The topological polar surface area (TPSA) is 93.0 Å². The fraction of sp³-hybridized carbons (Fsp3) is 0.292. The van der Waals surface area contributed by atoms with Crippen molar-refractivity contribution < 1.29 is 4.79 Å². The number of pyridine rings is 1. The summed E-state index contributed by atoms with van der Waals surface area (Å²) in [6.45, 7) is 3.58. The summed E-state index contributed by atoms with van der Waals surface area (Å²) in [7, 11) is 0. The molecular weight excluding hydrogens is 436 g/mol. The Kier molecular flexibility index (Phi) is 5.87. The van der Waals surface area contributed by atoms with E-state index in [9.17, 15) is 9.59 Å². The van der Waals surface area contributed by atoms with Crippen LogP contribution >= 0.6 is 11.3 Å². The van der Waals surface area contributed by atoms with E-state index in [0.29, 0.717) is 40.1 Å². The third-order valence-corrected chi connectivity index (χ3v) is 6.82. The van der Waals surface area contributed by atoms with Gasteiger partial charge in [-0.2, -0.15) is 0 Å². The second-order valence-corrected chi connectivity index (χ2v) is 8.86. The Labute approximate surface area is 195 Å². The van der Waals surface area contributed by atoms with Gasteiger partial charge in [0.1, 0.15) is 11.7 Å².